The fraction of sp³-hybridized carbons (Fsp3) is 0.231. The minimum Gasteiger partial charge on any atom is -0.482 e. The van der Waals surface area contributed by atoms with Gasteiger partial charge in [0.05, 0.1) is 5.02 Å². The molecule has 3 aromatic rings. The highest BCUT2D eigenvalue weighted by atomic mass is 79.9. The first-order chi connectivity index (χ1) is 16.4. The summed E-state index contributed by atoms with van der Waals surface area (Å²) < 4.78 is 6.54. The maximum absolute atomic E-state index is 13.5. The van der Waals surface area contributed by atoms with Crippen LogP contribution in [0.2, 0.25) is 10.0 Å². The van der Waals surface area contributed by atoms with E-state index in [0.717, 1.165) is 15.6 Å². The topological polar surface area (TPSA) is 58.6 Å². The summed E-state index contributed by atoms with van der Waals surface area (Å²) in [4.78, 5) is 28.1. The van der Waals surface area contributed by atoms with E-state index in [4.69, 9.17) is 27.9 Å². The number of nitrogens with zero attached hydrogens (tertiary/aromatic N) is 1. The van der Waals surface area contributed by atoms with Crippen molar-refractivity contribution in [1.29, 1.82) is 0 Å². The number of likely N-dealkylation sites (N-methyl/N-ethyl adjacent to an activating group) is 1. The number of hydrogen-bond donors (Lipinski definition) is 1. The first kappa shape index (κ1) is 26.1. The average molecular weight is 564 g/mol. The molecule has 0 aliphatic heterocycles. The van der Waals surface area contributed by atoms with Gasteiger partial charge in [0, 0.05) is 29.0 Å². The Bertz CT molecular complexity index is 1130. The number of ether oxygens (including phenoxy) is 1. The van der Waals surface area contributed by atoms with E-state index in [9.17, 15) is 9.59 Å². The quantitative estimate of drug-likeness (QED) is 0.333. The Morgan fingerprint density at radius 2 is 1.71 bits per heavy atom. The van der Waals surface area contributed by atoms with Crippen LogP contribution in [0.25, 0.3) is 0 Å². The molecule has 1 atom stereocenters. The van der Waals surface area contributed by atoms with Crippen molar-refractivity contribution < 1.29 is 14.3 Å². The molecule has 2 amide bonds. The summed E-state index contributed by atoms with van der Waals surface area (Å²) in [5, 5.41) is 3.76. The Hall–Kier alpha value is -2.54. The van der Waals surface area contributed by atoms with Gasteiger partial charge in [-0.3, -0.25) is 9.59 Å². The highest BCUT2D eigenvalue weighted by Gasteiger charge is 2.31. The Balaban J connectivity index is 1.91. The predicted octanol–water partition coefficient (Wildman–Crippen LogP) is 5.91. The standard InChI is InChI=1S/C26H25BrCl2N2O3/c1-2-30-26(33)23(14-18-8-4-3-5-9-18)31(16-19-10-6-7-11-21(19)28)25(32)17-34-24-13-12-20(27)15-22(24)29/h3-13,15,23H,2,14,16-17H2,1H3,(H,30,33). The van der Waals surface area contributed by atoms with Gasteiger partial charge in [0.2, 0.25) is 5.91 Å². The number of hydrogen-bond acceptors (Lipinski definition) is 3. The molecule has 0 saturated heterocycles. The van der Waals surface area contributed by atoms with Crippen LogP contribution < -0.4 is 10.1 Å². The number of benzene rings is 3. The van der Waals surface area contributed by atoms with E-state index >= 15 is 0 Å². The number of amides is 2. The van der Waals surface area contributed by atoms with Crippen molar-refractivity contribution in [3.63, 3.8) is 0 Å². The van der Waals surface area contributed by atoms with Crippen LogP contribution in [0.1, 0.15) is 18.1 Å². The Morgan fingerprint density at radius 3 is 2.38 bits per heavy atom. The van der Waals surface area contributed by atoms with Crippen molar-refractivity contribution in [2.75, 3.05) is 13.2 Å². The molecule has 0 aliphatic rings. The average Bonchev–Trinajstić information content (AvgIpc) is 2.82. The maximum atomic E-state index is 13.5. The molecular formula is C26H25BrCl2N2O3. The van der Waals surface area contributed by atoms with Crippen LogP contribution in [0.15, 0.2) is 77.3 Å². The van der Waals surface area contributed by atoms with E-state index in [-0.39, 0.29) is 25.0 Å². The van der Waals surface area contributed by atoms with Gasteiger partial charge in [-0.2, -0.15) is 0 Å². The number of nitrogens with one attached hydrogen (secondary N) is 1. The molecule has 1 unspecified atom stereocenters. The van der Waals surface area contributed by atoms with Crippen molar-refractivity contribution in [2.45, 2.75) is 25.9 Å². The summed E-state index contributed by atoms with van der Waals surface area (Å²) in [6.07, 6.45) is 0.349. The van der Waals surface area contributed by atoms with Crippen molar-refractivity contribution >= 4 is 50.9 Å². The Kier molecular flexibility index (Phi) is 9.81. The second-order valence-electron chi connectivity index (χ2n) is 7.58. The zero-order valence-corrected chi connectivity index (χ0v) is 21.7. The van der Waals surface area contributed by atoms with Crippen LogP contribution in [0, 0.1) is 0 Å². The third-order valence-electron chi connectivity index (χ3n) is 5.17. The fourth-order valence-corrected chi connectivity index (χ4v) is 4.39. The summed E-state index contributed by atoms with van der Waals surface area (Å²) >= 11 is 16.0. The molecule has 0 heterocycles. The molecule has 3 rings (SSSR count). The van der Waals surface area contributed by atoms with Gasteiger partial charge in [-0.1, -0.05) is 87.7 Å². The molecule has 0 aromatic heterocycles. The lowest BCUT2D eigenvalue weighted by atomic mass is 10.0. The second-order valence-corrected chi connectivity index (χ2v) is 9.31. The number of rotatable bonds is 10. The van der Waals surface area contributed by atoms with Crippen LogP contribution in [0.4, 0.5) is 0 Å². The van der Waals surface area contributed by atoms with Crippen molar-refractivity contribution in [1.82, 2.24) is 10.2 Å². The molecule has 0 fully saturated rings. The van der Waals surface area contributed by atoms with Gasteiger partial charge in [0.25, 0.3) is 5.91 Å². The minimum atomic E-state index is -0.755. The smallest absolute Gasteiger partial charge is 0.261 e. The lowest BCUT2D eigenvalue weighted by molar-refractivity contribution is -0.142. The van der Waals surface area contributed by atoms with Gasteiger partial charge < -0.3 is 15.0 Å². The van der Waals surface area contributed by atoms with Crippen molar-refractivity contribution in [3.05, 3.63) is 98.4 Å². The van der Waals surface area contributed by atoms with Crippen molar-refractivity contribution in [3.8, 4) is 5.75 Å². The van der Waals surface area contributed by atoms with E-state index in [2.05, 4.69) is 21.2 Å². The monoisotopic (exact) mass is 562 g/mol. The lowest BCUT2D eigenvalue weighted by Gasteiger charge is -2.31. The summed E-state index contributed by atoms with van der Waals surface area (Å²) in [6, 6.07) is 21.3. The molecule has 178 valence electrons. The fourth-order valence-electron chi connectivity index (χ4n) is 3.47. The highest BCUT2D eigenvalue weighted by Crippen LogP contribution is 2.28. The SMILES string of the molecule is CCNC(=O)C(Cc1ccccc1)N(Cc1ccccc1Cl)C(=O)COc1ccc(Br)cc1Cl. The summed E-state index contributed by atoms with van der Waals surface area (Å²) in [7, 11) is 0. The van der Waals surface area contributed by atoms with Gasteiger partial charge in [0.15, 0.2) is 6.61 Å². The molecule has 0 bridgehead atoms. The van der Waals surface area contributed by atoms with Crippen molar-refractivity contribution in [2.24, 2.45) is 0 Å². The first-order valence-corrected chi connectivity index (χ1v) is 12.4. The molecule has 0 aliphatic carbocycles. The Labute approximate surface area is 218 Å². The first-order valence-electron chi connectivity index (χ1n) is 10.8. The summed E-state index contributed by atoms with van der Waals surface area (Å²) in [6.45, 7) is 2.17. The minimum absolute atomic E-state index is 0.157. The third kappa shape index (κ3) is 7.23. The molecule has 5 nitrogen and oxygen atoms in total. The number of halogens is 3. The largest absolute Gasteiger partial charge is 0.482 e. The van der Waals surface area contributed by atoms with Gasteiger partial charge in [-0.05, 0) is 42.3 Å². The van der Waals surface area contributed by atoms with Crippen LogP contribution >= 0.6 is 39.1 Å². The molecule has 34 heavy (non-hydrogen) atoms. The molecule has 1 N–H and O–H groups in total. The third-order valence-corrected chi connectivity index (χ3v) is 6.32. The highest BCUT2D eigenvalue weighted by molar-refractivity contribution is 9.10. The van der Waals surface area contributed by atoms with Crippen LogP contribution in [0.5, 0.6) is 5.75 Å². The summed E-state index contributed by atoms with van der Waals surface area (Å²) in [5.74, 6) is -0.215. The molecule has 0 spiro atoms. The van der Waals surface area contributed by atoms with Gasteiger partial charge in [-0.25, -0.2) is 0 Å². The van der Waals surface area contributed by atoms with E-state index < -0.39 is 6.04 Å². The second kappa shape index (κ2) is 12.8. The molecular weight excluding hydrogens is 539 g/mol. The summed E-state index contributed by atoms with van der Waals surface area (Å²) in [5.41, 5.74) is 1.68. The maximum Gasteiger partial charge on any atom is 0.261 e. The van der Waals surface area contributed by atoms with E-state index in [1.165, 1.54) is 4.90 Å². The van der Waals surface area contributed by atoms with E-state index in [0.29, 0.717) is 28.8 Å². The Morgan fingerprint density at radius 1 is 1.00 bits per heavy atom. The lowest BCUT2D eigenvalue weighted by Crippen LogP contribution is -2.51. The number of carbonyl (C=O) groups is 2. The van der Waals surface area contributed by atoms with E-state index in [1.807, 2.05) is 55.5 Å². The zero-order chi connectivity index (χ0) is 24.5. The van der Waals surface area contributed by atoms with E-state index in [1.54, 1.807) is 24.3 Å². The van der Waals surface area contributed by atoms with Crippen LogP contribution in [-0.4, -0.2) is 35.9 Å². The van der Waals surface area contributed by atoms with Crippen LogP contribution in [0.3, 0.4) is 0 Å². The molecule has 3 aromatic carbocycles. The van der Waals surface area contributed by atoms with Gasteiger partial charge in [0.1, 0.15) is 11.8 Å². The van der Waals surface area contributed by atoms with Gasteiger partial charge >= 0.3 is 0 Å². The predicted molar refractivity (Wildman–Crippen MR) is 139 cm³/mol. The van der Waals surface area contributed by atoms with Crippen LogP contribution in [-0.2, 0) is 22.6 Å². The molecule has 8 heteroatoms. The zero-order valence-electron chi connectivity index (χ0n) is 18.6. The number of carbonyl (C=O) groups excluding carboxylic acids is 2. The van der Waals surface area contributed by atoms with Gasteiger partial charge in [-0.15, -0.1) is 0 Å². The molecule has 0 radical (unpaired) electrons. The molecule has 0 saturated carbocycles. The normalized spacial score (nSPS) is 11.5.